The average molecular weight is 657 g/mol. The first-order valence-corrected chi connectivity index (χ1v) is 18.6. The van der Waals surface area contributed by atoms with Crippen LogP contribution in [0.15, 0.2) is 158 Å². The molecule has 0 spiro atoms. The highest BCUT2D eigenvalue weighted by Gasteiger charge is 2.24. The second-order valence-corrected chi connectivity index (χ2v) is 14.4. The summed E-state index contributed by atoms with van der Waals surface area (Å²) in [6, 6.07) is 58.3. The molecule has 2 heteroatoms. The van der Waals surface area contributed by atoms with Crippen LogP contribution in [-0.2, 0) is 0 Å². The molecule has 0 aliphatic heterocycles. The summed E-state index contributed by atoms with van der Waals surface area (Å²) in [5.41, 5.74) is 15.3. The van der Waals surface area contributed by atoms with E-state index in [9.17, 15) is 0 Å². The van der Waals surface area contributed by atoms with Gasteiger partial charge in [0.15, 0.2) is 0 Å². The minimum atomic E-state index is 0.633. The van der Waals surface area contributed by atoms with E-state index in [1.165, 1.54) is 120 Å². The Morgan fingerprint density at radius 3 is 1.88 bits per heavy atom. The molecule has 0 saturated heterocycles. The number of fused-ring (bicyclic) bond motifs is 6. The third-order valence-corrected chi connectivity index (χ3v) is 11.5. The molecule has 0 bridgehead atoms. The zero-order valence-electron chi connectivity index (χ0n) is 29.0. The van der Waals surface area contributed by atoms with Crippen molar-refractivity contribution >= 4 is 43.6 Å². The van der Waals surface area contributed by atoms with Gasteiger partial charge < -0.3 is 9.13 Å². The molecule has 246 valence electrons. The van der Waals surface area contributed by atoms with E-state index in [0.29, 0.717) is 5.92 Å². The first-order chi connectivity index (χ1) is 25.3. The molecular formula is C49H40N2. The Kier molecular flexibility index (Phi) is 7.16. The number of benzene rings is 7. The van der Waals surface area contributed by atoms with E-state index in [2.05, 4.69) is 174 Å². The molecule has 51 heavy (non-hydrogen) atoms. The van der Waals surface area contributed by atoms with Crippen molar-refractivity contribution in [2.24, 2.45) is 0 Å². The van der Waals surface area contributed by atoms with Gasteiger partial charge in [-0.05, 0) is 84.3 Å². The molecule has 1 aliphatic rings. The number of nitrogens with zero attached hydrogens (tertiary/aromatic N) is 2. The number of rotatable bonds is 5. The van der Waals surface area contributed by atoms with Crippen molar-refractivity contribution in [3.63, 3.8) is 0 Å². The van der Waals surface area contributed by atoms with Gasteiger partial charge in [0.05, 0.1) is 27.8 Å². The predicted octanol–water partition coefficient (Wildman–Crippen LogP) is 13.6. The Hall–Kier alpha value is -5.86. The standard InChI is InChI=1S/C49H40N2/c1-33-15-12-27-45-47(33)48-39(34-16-4-2-5-17-34)22-14-28-46(48)51(45)43-25-10-8-20-38(43)35-29-31-36(32-30-35)40-23-13-24-42-41-21-9-11-26-44(41)50(49(40)42)37-18-6-3-7-19-37/h3,6-15,18-32,34H,2,4-5,16-17H2,1H3. The second kappa shape index (κ2) is 12.2. The van der Waals surface area contributed by atoms with Gasteiger partial charge in [0.25, 0.3) is 0 Å². The first kappa shape index (κ1) is 30.0. The van der Waals surface area contributed by atoms with Crippen LogP contribution < -0.4 is 0 Å². The molecule has 0 radical (unpaired) electrons. The zero-order chi connectivity index (χ0) is 33.9. The van der Waals surface area contributed by atoms with Crippen molar-refractivity contribution in [3.05, 3.63) is 169 Å². The topological polar surface area (TPSA) is 9.86 Å². The summed E-state index contributed by atoms with van der Waals surface area (Å²) in [7, 11) is 0. The van der Waals surface area contributed by atoms with Gasteiger partial charge in [-0.3, -0.25) is 0 Å². The maximum Gasteiger partial charge on any atom is 0.0619 e. The monoisotopic (exact) mass is 656 g/mol. The summed E-state index contributed by atoms with van der Waals surface area (Å²) in [4.78, 5) is 0. The number of aryl methyl sites for hydroxylation is 1. The Morgan fingerprint density at radius 1 is 0.451 bits per heavy atom. The molecule has 2 aromatic heterocycles. The molecule has 0 amide bonds. The SMILES string of the molecule is Cc1cccc2c1c1c(C3CCCCC3)cccc1n2-c1ccccc1-c1ccc(-c2cccc3c4ccccc4n(-c4ccccc4)c23)cc1. The number of hydrogen-bond donors (Lipinski definition) is 0. The summed E-state index contributed by atoms with van der Waals surface area (Å²) < 4.78 is 4.96. The molecule has 0 unspecified atom stereocenters. The van der Waals surface area contributed by atoms with Crippen molar-refractivity contribution in [1.29, 1.82) is 0 Å². The maximum atomic E-state index is 2.53. The van der Waals surface area contributed by atoms with Crippen molar-refractivity contribution in [3.8, 4) is 33.6 Å². The lowest BCUT2D eigenvalue weighted by Crippen LogP contribution is -2.05. The molecule has 2 nitrogen and oxygen atoms in total. The van der Waals surface area contributed by atoms with Crippen LogP contribution in [0, 0.1) is 6.92 Å². The maximum absolute atomic E-state index is 2.53. The van der Waals surface area contributed by atoms with Gasteiger partial charge in [-0.15, -0.1) is 0 Å². The van der Waals surface area contributed by atoms with Gasteiger partial charge in [0.2, 0.25) is 0 Å². The van der Waals surface area contributed by atoms with Crippen LogP contribution >= 0.6 is 0 Å². The average Bonchev–Trinajstić information content (AvgIpc) is 3.73. The molecular weight excluding hydrogens is 617 g/mol. The van der Waals surface area contributed by atoms with E-state index in [1.807, 2.05) is 0 Å². The highest BCUT2D eigenvalue weighted by molar-refractivity contribution is 6.14. The molecule has 1 aliphatic carbocycles. The number of hydrogen-bond acceptors (Lipinski definition) is 0. The second-order valence-electron chi connectivity index (χ2n) is 14.4. The van der Waals surface area contributed by atoms with Gasteiger partial charge in [-0.2, -0.15) is 0 Å². The Morgan fingerprint density at radius 2 is 1.06 bits per heavy atom. The van der Waals surface area contributed by atoms with E-state index >= 15 is 0 Å². The van der Waals surface area contributed by atoms with Crippen molar-refractivity contribution in [2.75, 3.05) is 0 Å². The van der Waals surface area contributed by atoms with Crippen LogP contribution in [0.1, 0.15) is 49.1 Å². The first-order valence-electron chi connectivity index (χ1n) is 18.6. The molecule has 2 heterocycles. The van der Waals surface area contributed by atoms with E-state index in [1.54, 1.807) is 0 Å². The van der Waals surface area contributed by atoms with Crippen LogP contribution in [0.2, 0.25) is 0 Å². The fraction of sp³-hybridized carbons (Fsp3) is 0.143. The van der Waals surface area contributed by atoms with E-state index < -0.39 is 0 Å². The normalized spacial score (nSPS) is 13.9. The lowest BCUT2D eigenvalue weighted by Gasteiger charge is -2.23. The highest BCUT2D eigenvalue weighted by Crippen LogP contribution is 2.44. The minimum Gasteiger partial charge on any atom is -0.309 e. The smallest absolute Gasteiger partial charge is 0.0619 e. The van der Waals surface area contributed by atoms with Crippen LogP contribution in [-0.4, -0.2) is 9.13 Å². The Balaban J connectivity index is 1.14. The van der Waals surface area contributed by atoms with Crippen molar-refractivity contribution in [2.45, 2.75) is 44.9 Å². The lowest BCUT2D eigenvalue weighted by molar-refractivity contribution is 0.445. The largest absolute Gasteiger partial charge is 0.309 e. The summed E-state index contributed by atoms with van der Waals surface area (Å²) in [5, 5.41) is 5.40. The fourth-order valence-electron chi connectivity index (χ4n) is 9.16. The van der Waals surface area contributed by atoms with Crippen LogP contribution in [0.3, 0.4) is 0 Å². The molecule has 7 aromatic carbocycles. The third-order valence-electron chi connectivity index (χ3n) is 11.5. The van der Waals surface area contributed by atoms with Crippen LogP contribution in [0.5, 0.6) is 0 Å². The molecule has 1 fully saturated rings. The van der Waals surface area contributed by atoms with Gasteiger partial charge in [-0.1, -0.05) is 141 Å². The Bertz CT molecular complexity index is 2720. The van der Waals surface area contributed by atoms with E-state index in [4.69, 9.17) is 0 Å². The van der Waals surface area contributed by atoms with Crippen molar-refractivity contribution < 1.29 is 0 Å². The van der Waals surface area contributed by atoms with E-state index in [0.717, 1.165) is 0 Å². The summed E-state index contributed by atoms with van der Waals surface area (Å²) >= 11 is 0. The van der Waals surface area contributed by atoms with Crippen molar-refractivity contribution in [1.82, 2.24) is 9.13 Å². The molecule has 9 aromatic rings. The molecule has 0 atom stereocenters. The minimum absolute atomic E-state index is 0.633. The third kappa shape index (κ3) is 4.77. The quantitative estimate of drug-likeness (QED) is 0.174. The number of para-hydroxylation sites is 4. The van der Waals surface area contributed by atoms with Gasteiger partial charge in [-0.25, -0.2) is 0 Å². The summed E-state index contributed by atoms with van der Waals surface area (Å²) in [6.07, 6.45) is 6.62. The van der Waals surface area contributed by atoms with Gasteiger partial charge in [0.1, 0.15) is 0 Å². The zero-order valence-corrected chi connectivity index (χ0v) is 29.0. The molecule has 10 rings (SSSR count). The van der Waals surface area contributed by atoms with E-state index in [-0.39, 0.29) is 0 Å². The van der Waals surface area contributed by atoms with Gasteiger partial charge in [0, 0.05) is 38.4 Å². The summed E-state index contributed by atoms with van der Waals surface area (Å²) in [6.45, 7) is 2.28. The van der Waals surface area contributed by atoms with Gasteiger partial charge >= 0.3 is 0 Å². The predicted molar refractivity (Wildman–Crippen MR) is 217 cm³/mol. The highest BCUT2D eigenvalue weighted by atomic mass is 15.0. The summed E-state index contributed by atoms with van der Waals surface area (Å²) in [5.74, 6) is 0.633. The van der Waals surface area contributed by atoms with Crippen LogP contribution in [0.4, 0.5) is 0 Å². The molecule has 1 saturated carbocycles. The molecule has 0 N–H and O–H groups in total. The fourth-order valence-corrected chi connectivity index (χ4v) is 9.16. The lowest BCUT2D eigenvalue weighted by atomic mass is 9.82. The Labute approximate surface area is 299 Å². The number of aromatic nitrogens is 2. The van der Waals surface area contributed by atoms with Crippen LogP contribution in [0.25, 0.3) is 77.2 Å².